The predicted octanol–water partition coefficient (Wildman–Crippen LogP) is 3.13. The van der Waals surface area contributed by atoms with E-state index >= 15 is 0 Å². The molecule has 0 aliphatic rings. The van der Waals surface area contributed by atoms with Gasteiger partial charge in [-0.1, -0.05) is 36.4 Å². The second-order valence-electron chi connectivity index (χ2n) is 4.23. The van der Waals surface area contributed by atoms with E-state index in [0.717, 1.165) is 5.56 Å². The van der Waals surface area contributed by atoms with Crippen LogP contribution in [0.5, 0.6) is 0 Å². The molecule has 0 aromatic heterocycles. The maximum absolute atomic E-state index is 11.8. The lowest BCUT2D eigenvalue weighted by Gasteiger charge is -2.05. The highest BCUT2D eigenvalue weighted by molar-refractivity contribution is 5.90. The second kappa shape index (κ2) is 6.36. The zero-order valence-electron chi connectivity index (χ0n) is 10.5. The van der Waals surface area contributed by atoms with E-state index in [1.54, 1.807) is 24.3 Å². The lowest BCUT2D eigenvalue weighted by molar-refractivity contribution is -0.116. The zero-order valence-corrected chi connectivity index (χ0v) is 10.5. The van der Waals surface area contributed by atoms with Crippen molar-refractivity contribution in [2.45, 2.75) is 12.8 Å². The van der Waals surface area contributed by atoms with Gasteiger partial charge in [-0.05, 0) is 30.2 Å². The van der Waals surface area contributed by atoms with E-state index in [1.165, 1.54) is 0 Å². The molecule has 19 heavy (non-hydrogen) atoms. The van der Waals surface area contributed by atoms with Crippen LogP contribution in [-0.4, -0.2) is 5.91 Å². The maximum Gasteiger partial charge on any atom is 0.224 e. The Hall–Kier alpha value is -2.60. The van der Waals surface area contributed by atoms with Crippen LogP contribution in [0.2, 0.25) is 0 Å². The lowest BCUT2D eigenvalue weighted by atomic mass is 10.1. The van der Waals surface area contributed by atoms with Gasteiger partial charge in [-0.25, -0.2) is 0 Å². The summed E-state index contributed by atoms with van der Waals surface area (Å²) < 4.78 is 0. The number of nitrogens with zero attached hydrogens (tertiary/aromatic N) is 1. The van der Waals surface area contributed by atoms with Gasteiger partial charge in [-0.2, -0.15) is 5.26 Å². The van der Waals surface area contributed by atoms with E-state index in [2.05, 4.69) is 5.32 Å². The monoisotopic (exact) mass is 250 g/mol. The standard InChI is InChI=1S/C16H14N2O/c17-12-14-7-4-8-15(11-14)18-16(19)10-9-13-5-2-1-3-6-13/h1-8,11H,9-10H2,(H,18,19). The molecule has 0 saturated carbocycles. The van der Waals surface area contributed by atoms with Gasteiger partial charge in [0.25, 0.3) is 0 Å². The Balaban J connectivity index is 1.89. The van der Waals surface area contributed by atoms with Crippen molar-refractivity contribution in [3.8, 4) is 6.07 Å². The van der Waals surface area contributed by atoms with Crippen LogP contribution in [0, 0.1) is 11.3 Å². The summed E-state index contributed by atoms with van der Waals surface area (Å²) in [7, 11) is 0. The molecule has 0 aliphatic heterocycles. The van der Waals surface area contributed by atoms with Crippen molar-refractivity contribution in [2.24, 2.45) is 0 Å². The summed E-state index contributed by atoms with van der Waals surface area (Å²) in [6.07, 6.45) is 1.14. The van der Waals surface area contributed by atoms with Crippen LogP contribution in [0.15, 0.2) is 54.6 Å². The molecule has 0 bridgehead atoms. The van der Waals surface area contributed by atoms with Gasteiger partial charge in [0.05, 0.1) is 11.6 Å². The fourth-order valence-corrected chi connectivity index (χ4v) is 1.79. The third kappa shape index (κ3) is 3.97. The number of aryl methyl sites for hydroxylation is 1. The van der Waals surface area contributed by atoms with Gasteiger partial charge in [-0.3, -0.25) is 4.79 Å². The topological polar surface area (TPSA) is 52.9 Å². The summed E-state index contributed by atoms with van der Waals surface area (Å²) in [6.45, 7) is 0. The molecule has 0 saturated heterocycles. The first-order valence-electron chi connectivity index (χ1n) is 6.12. The van der Waals surface area contributed by atoms with E-state index in [9.17, 15) is 4.79 Å². The Morgan fingerprint density at radius 3 is 2.63 bits per heavy atom. The smallest absolute Gasteiger partial charge is 0.224 e. The van der Waals surface area contributed by atoms with Gasteiger partial charge in [0.1, 0.15) is 0 Å². The average Bonchev–Trinajstić information content (AvgIpc) is 2.46. The highest BCUT2D eigenvalue weighted by Gasteiger charge is 2.03. The summed E-state index contributed by atoms with van der Waals surface area (Å²) in [5.41, 5.74) is 2.35. The minimum atomic E-state index is -0.0426. The number of hydrogen-bond acceptors (Lipinski definition) is 2. The number of carbonyl (C=O) groups is 1. The van der Waals surface area contributed by atoms with E-state index in [4.69, 9.17) is 5.26 Å². The Bertz CT molecular complexity index is 600. The average molecular weight is 250 g/mol. The number of anilines is 1. The van der Waals surface area contributed by atoms with E-state index < -0.39 is 0 Å². The molecule has 1 amide bonds. The number of rotatable bonds is 4. The predicted molar refractivity (Wildman–Crippen MR) is 74.5 cm³/mol. The quantitative estimate of drug-likeness (QED) is 0.906. The molecular formula is C16H14N2O. The molecule has 0 atom stereocenters. The molecule has 1 N–H and O–H groups in total. The van der Waals surface area contributed by atoms with Crippen LogP contribution < -0.4 is 5.32 Å². The first-order valence-corrected chi connectivity index (χ1v) is 6.12. The van der Waals surface area contributed by atoms with Crippen LogP contribution in [-0.2, 0) is 11.2 Å². The van der Waals surface area contributed by atoms with Crippen molar-refractivity contribution in [3.63, 3.8) is 0 Å². The summed E-state index contributed by atoms with van der Waals surface area (Å²) >= 11 is 0. The molecule has 94 valence electrons. The van der Waals surface area contributed by atoms with Crippen molar-refractivity contribution in [1.82, 2.24) is 0 Å². The lowest BCUT2D eigenvalue weighted by Crippen LogP contribution is -2.12. The maximum atomic E-state index is 11.8. The summed E-state index contributed by atoms with van der Waals surface area (Å²) in [5, 5.41) is 11.6. The first kappa shape index (κ1) is 12.8. The summed E-state index contributed by atoms with van der Waals surface area (Å²) in [6, 6.07) is 18.8. The van der Waals surface area contributed by atoms with Crippen LogP contribution in [0.1, 0.15) is 17.5 Å². The van der Waals surface area contributed by atoms with E-state index in [-0.39, 0.29) is 5.91 Å². The van der Waals surface area contributed by atoms with Crippen molar-refractivity contribution >= 4 is 11.6 Å². The van der Waals surface area contributed by atoms with Crippen molar-refractivity contribution in [2.75, 3.05) is 5.32 Å². The van der Waals surface area contributed by atoms with Crippen LogP contribution in [0.4, 0.5) is 5.69 Å². The second-order valence-corrected chi connectivity index (χ2v) is 4.23. The Morgan fingerprint density at radius 1 is 1.11 bits per heavy atom. The van der Waals surface area contributed by atoms with Crippen LogP contribution in [0.25, 0.3) is 0 Å². The van der Waals surface area contributed by atoms with Crippen LogP contribution >= 0.6 is 0 Å². The molecule has 3 heteroatoms. The minimum absolute atomic E-state index is 0.0426. The zero-order chi connectivity index (χ0) is 13.5. The van der Waals surface area contributed by atoms with Gasteiger partial charge in [0.15, 0.2) is 0 Å². The van der Waals surface area contributed by atoms with Crippen molar-refractivity contribution < 1.29 is 4.79 Å². The van der Waals surface area contributed by atoms with E-state index in [1.807, 2.05) is 36.4 Å². The number of amides is 1. The Morgan fingerprint density at radius 2 is 1.89 bits per heavy atom. The fourth-order valence-electron chi connectivity index (χ4n) is 1.79. The van der Waals surface area contributed by atoms with Gasteiger partial charge in [-0.15, -0.1) is 0 Å². The molecule has 0 aliphatic carbocycles. The van der Waals surface area contributed by atoms with Gasteiger partial charge < -0.3 is 5.32 Å². The van der Waals surface area contributed by atoms with Gasteiger partial charge >= 0.3 is 0 Å². The number of hydrogen-bond donors (Lipinski definition) is 1. The van der Waals surface area contributed by atoms with Crippen molar-refractivity contribution in [1.29, 1.82) is 5.26 Å². The molecule has 2 rings (SSSR count). The molecule has 0 heterocycles. The minimum Gasteiger partial charge on any atom is -0.326 e. The molecule has 0 unspecified atom stereocenters. The van der Waals surface area contributed by atoms with Crippen LogP contribution in [0.3, 0.4) is 0 Å². The number of nitrogens with one attached hydrogen (secondary N) is 1. The summed E-state index contributed by atoms with van der Waals surface area (Å²) in [4.78, 5) is 11.8. The molecule has 2 aromatic carbocycles. The molecule has 0 fully saturated rings. The third-order valence-corrected chi connectivity index (χ3v) is 2.76. The van der Waals surface area contributed by atoms with E-state index in [0.29, 0.717) is 24.1 Å². The molecular weight excluding hydrogens is 236 g/mol. The largest absolute Gasteiger partial charge is 0.326 e. The number of nitriles is 1. The normalized spacial score (nSPS) is 9.63. The third-order valence-electron chi connectivity index (χ3n) is 2.76. The van der Waals surface area contributed by atoms with Crippen molar-refractivity contribution in [3.05, 3.63) is 65.7 Å². The SMILES string of the molecule is N#Cc1cccc(NC(=O)CCc2ccccc2)c1. The first-order chi connectivity index (χ1) is 9.28. The molecule has 0 spiro atoms. The number of benzene rings is 2. The molecule has 2 aromatic rings. The van der Waals surface area contributed by atoms with Gasteiger partial charge in [0, 0.05) is 12.1 Å². The number of carbonyl (C=O) groups excluding carboxylic acids is 1. The summed E-state index contributed by atoms with van der Waals surface area (Å²) in [5.74, 6) is -0.0426. The Labute approximate surface area is 112 Å². The highest BCUT2D eigenvalue weighted by Crippen LogP contribution is 2.11. The Kier molecular flexibility index (Phi) is 4.30. The van der Waals surface area contributed by atoms with Gasteiger partial charge in [0.2, 0.25) is 5.91 Å². The molecule has 3 nitrogen and oxygen atoms in total. The highest BCUT2D eigenvalue weighted by atomic mass is 16.1. The fraction of sp³-hybridized carbons (Fsp3) is 0.125. The molecule has 0 radical (unpaired) electrons.